The number of hydrogen-bond donors (Lipinski definition) is 2. The van der Waals surface area contributed by atoms with Crippen LogP contribution in [0.5, 0.6) is 0 Å². The van der Waals surface area contributed by atoms with E-state index < -0.39 is 23.5 Å². The molecule has 0 radical (unpaired) electrons. The summed E-state index contributed by atoms with van der Waals surface area (Å²) in [6, 6.07) is 11.7. The standard InChI is InChI=1S/C19H13F4N3O/c20-13-5-7-14(8-6-13)25-15-9-12(10-24-11-15)18(27)26-17-4-2-1-3-16(17)19(21,22)23/h1-11,25H,(H,26,27). The average molecular weight is 375 g/mol. The molecular weight excluding hydrogens is 362 g/mol. The second-order valence-electron chi connectivity index (χ2n) is 5.59. The van der Waals surface area contributed by atoms with E-state index in [0.29, 0.717) is 11.4 Å². The van der Waals surface area contributed by atoms with Gasteiger partial charge in [0.1, 0.15) is 5.82 Å². The van der Waals surface area contributed by atoms with Crippen LogP contribution in [0.3, 0.4) is 0 Å². The zero-order chi connectivity index (χ0) is 19.4. The number of aromatic nitrogens is 1. The third-order valence-corrected chi connectivity index (χ3v) is 3.61. The van der Waals surface area contributed by atoms with Gasteiger partial charge in [-0.2, -0.15) is 13.2 Å². The number of nitrogens with one attached hydrogen (secondary N) is 2. The Morgan fingerprint density at radius 1 is 0.926 bits per heavy atom. The number of nitrogens with zero attached hydrogens (tertiary/aromatic N) is 1. The molecule has 0 fully saturated rings. The molecule has 3 rings (SSSR count). The summed E-state index contributed by atoms with van der Waals surface area (Å²) in [6.07, 6.45) is -1.92. The Labute approximate surface area is 151 Å². The van der Waals surface area contributed by atoms with Crippen molar-refractivity contribution >= 4 is 23.0 Å². The molecule has 138 valence electrons. The zero-order valence-electron chi connectivity index (χ0n) is 13.7. The van der Waals surface area contributed by atoms with Gasteiger partial charge >= 0.3 is 6.18 Å². The Morgan fingerprint density at radius 2 is 1.63 bits per heavy atom. The molecule has 1 heterocycles. The predicted molar refractivity (Wildman–Crippen MR) is 93.3 cm³/mol. The number of amides is 1. The fraction of sp³-hybridized carbons (Fsp3) is 0.0526. The van der Waals surface area contributed by atoms with Gasteiger partial charge in [-0.3, -0.25) is 9.78 Å². The first-order valence-electron chi connectivity index (χ1n) is 7.78. The third-order valence-electron chi connectivity index (χ3n) is 3.61. The average Bonchev–Trinajstić information content (AvgIpc) is 2.63. The molecule has 0 aliphatic rings. The van der Waals surface area contributed by atoms with Crippen LogP contribution in [0.2, 0.25) is 0 Å². The van der Waals surface area contributed by atoms with Crippen LogP contribution in [0.25, 0.3) is 0 Å². The highest BCUT2D eigenvalue weighted by molar-refractivity contribution is 6.05. The molecule has 1 amide bonds. The zero-order valence-corrected chi connectivity index (χ0v) is 13.7. The Morgan fingerprint density at radius 3 is 2.33 bits per heavy atom. The number of hydrogen-bond acceptors (Lipinski definition) is 3. The van der Waals surface area contributed by atoms with Crippen LogP contribution in [-0.2, 0) is 6.18 Å². The topological polar surface area (TPSA) is 54.0 Å². The minimum absolute atomic E-state index is 0.0686. The summed E-state index contributed by atoms with van der Waals surface area (Å²) in [5.74, 6) is -1.13. The quantitative estimate of drug-likeness (QED) is 0.614. The van der Waals surface area contributed by atoms with Crippen LogP contribution in [0.15, 0.2) is 67.0 Å². The Bertz CT molecular complexity index is 956. The summed E-state index contributed by atoms with van der Waals surface area (Å²) < 4.78 is 52.1. The van der Waals surface area contributed by atoms with Crippen LogP contribution in [-0.4, -0.2) is 10.9 Å². The normalized spacial score (nSPS) is 11.1. The summed E-state index contributed by atoms with van der Waals surface area (Å²) in [5, 5.41) is 5.19. The lowest BCUT2D eigenvalue weighted by Crippen LogP contribution is -2.17. The molecule has 8 heteroatoms. The molecular formula is C19H13F4N3O. The molecule has 0 bridgehead atoms. The second-order valence-corrected chi connectivity index (χ2v) is 5.59. The highest BCUT2D eigenvalue weighted by atomic mass is 19.4. The largest absolute Gasteiger partial charge is 0.418 e. The van der Waals surface area contributed by atoms with Gasteiger partial charge in [-0.05, 0) is 42.5 Å². The predicted octanol–water partition coefficient (Wildman–Crippen LogP) is 5.24. The lowest BCUT2D eigenvalue weighted by molar-refractivity contribution is -0.136. The van der Waals surface area contributed by atoms with Crippen LogP contribution in [0.4, 0.5) is 34.6 Å². The molecule has 0 saturated carbocycles. The van der Waals surface area contributed by atoms with Crippen molar-refractivity contribution in [3.63, 3.8) is 0 Å². The maximum atomic E-state index is 13.0. The van der Waals surface area contributed by atoms with E-state index >= 15 is 0 Å². The van der Waals surface area contributed by atoms with Crippen molar-refractivity contribution in [1.29, 1.82) is 0 Å². The van der Waals surface area contributed by atoms with Gasteiger partial charge in [0.2, 0.25) is 0 Å². The fourth-order valence-corrected chi connectivity index (χ4v) is 2.37. The Kier molecular flexibility index (Phi) is 5.07. The monoisotopic (exact) mass is 375 g/mol. The molecule has 0 spiro atoms. The molecule has 0 unspecified atom stereocenters. The molecule has 3 aromatic rings. The number of para-hydroxylation sites is 1. The van der Waals surface area contributed by atoms with Crippen LogP contribution < -0.4 is 10.6 Å². The van der Waals surface area contributed by atoms with Crippen molar-refractivity contribution in [2.75, 3.05) is 10.6 Å². The molecule has 2 aromatic carbocycles. The lowest BCUT2D eigenvalue weighted by Gasteiger charge is -2.14. The van der Waals surface area contributed by atoms with Crippen molar-refractivity contribution in [2.24, 2.45) is 0 Å². The molecule has 0 aliphatic carbocycles. The van der Waals surface area contributed by atoms with Gasteiger partial charge in [-0.1, -0.05) is 12.1 Å². The highest BCUT2D eigenvalue weighted by Crippen LogP contribution is 2.34. The van der Waals surface area contributed by atoms with Crippen LogP contribution in [0, 0.1) is 5.82 Å². The lowest BCUT2D eigenvalue weighted by atomic mass is 10.1. The first-order chi connectivity index (χ1) is 12.8. The third kappa shape index (κ3) is 4.60. The highest BCUT2D eigenvalue weighted by Gasteiger charge is 2.33. The molecule has 0 aliphatic heterocycles. The molecule has 0 saturated heterocycles. The maximum absolute atomic E-state index is 13.0. The summed E-state index contributed by atoms with van der Waals surface area (Å²) in [7, 11) is 0. The number of carbonyl (C=O) groups excluding carboxylic acids is 1. The summed E-state index contributed by atoms with van der Waals surface area (Å²) in [6.45, 7) is 0. The number of anilines is 3. The van der Waals surface area contributed by atoms with Gasteiger partial charge in [0.05, 0.1) is 28.7 Å². The van der Waals surface area contributed by atoms with E-state index in [1.165, 1.54) is 60.9 Å². The Hall–Kier alpha value is -3.42. The van der Waals surface area contributed by atoms with E-state index in [-0.39, 0.29) is 11.3 Å². The minimum Gasteiger partial charge on any atom is -0.354 e. The first kappa shape index (κ1) is 18.4. The van der Waals surface area contributed by atoms with Gasteiger partial charge in [0.15, 0.2) is 0 Å². The van der Waals surface area contributed by atoms with E-state index in [1.54, 1.807) is 0 Å². The van der Waals surface area contributed by atoms with E-state index in [2.05, 4.69) is 15.6 Å². The van der Waals surface area contributed by atoms with Gasteiger partial charge in [-0.15, -0.1) is 0 Å². The fourth-order valence-electron chi connectivity index (χ4n) is 2.37. The Balaban J connectivity index is 1.79. The number of pyridine rings is 1. The van der Waals surface area contributed by atoms with Gasteiger partial charge in [-0.25, -0.2) is 4.39 Å². The SMILES string of the molecule is O=C(Nc1ccccc1C(F)(F)F)c1cncc(Nc2ccc(F)cc2)c1. The smallest absolute Gasteiger partial charge is 0.354 e. The van der Waals surface area contributed by atoms with E-state index in [1.807, 2.05) is 0 Å². The number of alkyl halides is 3. The minimum atomic E-state index is -4.59. The van der Waals surface area contributed by atoms with Crippen molar-refractivity contribution in [3.05, 3.63) is 83.9 Å². The van der Waals surface area contributed by atoms with Crippen LogP contribution in [0.1, 0.15) is 15.9 Å². The van der Waals surface area contributed by atoms with Gasteiger partial charge < -0.3 is 10.6 Å². The summed E-state index contributed by atoms with van der Waals surface area (Å²) in [4.78, 5) is 16.3. The van der Waals surface area contributed by atoms with Gasteiger partial charge in [0.25, 0.3) is 5.91 Å². The van der Waals surface area contributed by atoms with Crippen molar-refractivity contribution in [3.8, 4) is 0 Å². The molecule has 0 atom stereocenters. The molecule has 1 aromatic heterocycles. The van der Waals surface area contributed by atoms with Crippen molar-refractivity contribution < 1.29 is 22.4 Å². The van der Waals surface area contributed by atoms with Gasteiger partial charge in [0, 0.05) is 11.9 Å². The van der Waals surface area contributed by atoms with E-state index in [9.17, 15) is 22.4 Å². The molecule has 4 nitrogen and oxygen atoms in total. The second kappa shape index (κ2) is 7.45. The number of carbonyl (C=O) groups is 1. The summed E-state index contributed by atoms with van der Waals surface area (Å²) in [5.41, 5.74) is -0.213. The maximum Gasteiger partial charge on any atom is 0.418 e. The van der Waals surface area contributed by atoms with E-state index in [4.69, 9.17) is 0 Å². The molecule has 27 heavy (non-hydrogen) atoms. The van der Waals surface area contributed by atoms with E-state index in [0.717, 1.165) is 6.07 Å². The number of rotatable bonds is 4. The van der Waals surface area contributed by atoms with Crippen molar-refractivity contribution in [1.82, 2.24) is 4.98 Å². The van der Waals surface area contributed by atoms with Crippen LogP contribution >= 0.6 is 0 Å². The first-order valence-corrected chi connectivity index (χ1v) is 7.78. The summed E-state index contributed by atoms with van der Waals surface area (Å²) >= 11 is 0. The molecule has 2 N–H and O–H groups in total. The number of benzene rings is 2. The van der Waals surface area contributed by atoms with Crippen molar-refractivity contribution in [2.45, 2.75) is 6.18 Å². The number of halogens is 4.